The molecule has 5 heteroatoms. The third kappa shape index (κ3) is 2.84. The maximum Gasteiger partial charge on any atom is 0.244 e. The number of hydrogen-bond donors (Lipinski definition) is 1. The van der Waals surface area contributed by atoms with E-state index in [-0.39, 0.29) is 0 Å². The third-order valence-electron chi connectivity index (χ3n) is 2.23. The second-order valence-corrected chi connectivity index (χ2v) is 4.95. The van der Waals surface area contributed by atoms with Crippen LogP contribution in [0.25, 0.3) is 0 Å². The van der Waals surface area contributed by atoms with Crippen LogP contribution in [0.5, 0.6) is 0 Å². The molecular formula is C8H13N3S2. The smallest absolute Gasteiger partial charge is 0.244 e. The molecule has 0 bridgehead atoms. The summed E-state index contributed by atoms with van der Waals surface area (Å²) >= 11 is 3.18. The summed E-state index contributed by atoms with van der Waals surface area (Å²) in [6.45, 7) is 0. The lowest BCUT2D eigenvalue weighted by Crippen LogP contribution is -2.10. The Morgan fingerprint density at radius 1 is 1.38 bits per heavy atom. The standard InChI is InChI=1S/C8H13N3S2/c1-2-4-7(5-3-1)13-11-8-9-6-12-10-8/h6-7H,1-5H2,(H,10,11). The van der Waals surface area contributed by atoms with Crippen molar-refractivity contribution in [3.8, 4) is 0 Å². The van der Waals surface area contributed by atoms with Gasteiger partial charge in [0.2, 0.25) is 5.95 Å². The van der Waals surface area contributed by atoms with Gasteiger partial charge in [0.1, 0.15) is 5.51 Å². The summed E-state index contributed by atoms with van der Waals surface area (Å²) in [6, 6.07) is 0. The Morgan fingerprint density at radius 3 is 2.92 bits per heavy atom. The Hall–Kier alpha value is -0.290. The molecule has 0 radical (unpaired) electrons. The second-order valence-electron chi connectivity index (χ2n) is 3.23. The molecule has 0 unspecified atom stereocenters. The normalized spacial score (nSPS) is 18.8. The van der Waals surface area contributed by atoms with E-state index in [1.807, 2.05) is 0 Å². The first-order valence-corrected chi connectivity index (χ1v) is 6.35. The van der Waals surface area contributed by atoms with Gasteiger partial charge in [0.05, 0.1) is 0 Å². The van der Waals surface area contributed by atoms with Crippen molar-refractivity contribution < 1.29 is 0 Å². The molecule has 0 aromatic carbocycles. The van der Waals surface area contributed by atoms with E-state index in [0.29, 0.717) is 0 Å². The van der Waals surface area contributed by atoms with E-state index in [0.717, 1.165) is 11.2 Å². The summed E-state index contributed by atoms with van der Waals surface area (Å²) in [6.07, 6.45) is 6.84. The quantitative estimate of drug-likeness (QED) is 0.787. The van der Waals surface area contributed by atoms with Gasteiger partial charge >= 0.3 is 0 Å². The van der Waals surface area contributed by atoms with Gasteiger partial charge in [-0.3, -0.25) is 4.72 Å². The molecule has 0 saturated heterocycles. The molecule has 2 rings (SSSR count). The molecular weight excluding hydrogens is 202 g/mol. The van der Waals surface area contributed by atoms with Crippen LogP contribution in [0.4, 0.5) is 5.95 Å². The SMILES string of the molecule is c1nc(NSC2CCCCC2)ns1. The number of nitrogens with zero attached hydrogens (tertiary/aromatic N) is 2. The van der Waals surface area contributed by atoms with Crippen LogP contribution >= 0.6 is 23.5 Å². The van der Waals surface area contributed by atoms with E-state index < -0.39 is 0 Å². The van der Waals surface area contributed by atoms with Gasteiger partial charge in [-0.25, -0.2) is 4.98 Å². The van der Waals surface area contributed by atoms with Crippen LogP contribution in [-0.2, 0) is 0 Å². The molecule has 1 aliphatic carbocycles. The molecule has 1 N–H and O–H groups in total. The highest BCUT2D eigenvalue weighted by molar-refractivity contribution is 8.01. The van der Waals surface area contributed by atoms with Crippen LogP contribution in [0.15, 0.2) is 5.51 Å². The van der Waals surface area contributed by atoms with Crippen molar-refractivity contribution >= 4 is 29.4 Å². The summed E-state index contributed by atoms with van der Waals surface area (Å²) in [5.41, 5.74) is 1.75. The summed E-state index contributed by atoms with van der Waals surface area (Å²) in [4.78, 5) is 4.08. The summed E-state index contributed by atoms with van der Waals surface area (Å²) in [7, 11) is 0. The van der Waals surface area contributed by atoms with Gasteiger partial charge < -0.3 is 0 Å². The van der Waals surface area contributed by atoms with Crippen LogP contribution in [0.2, 0.25) is 0 Å². The third-order valence-corrected chi connectivity index (χ3v) is 3.81. The lowest BCUT2D eigenvalue weighted by molar-refractivity contribution is 0.516. The fourth-order valence-electron chi connectivity index (χ4n) is 1.53. The Morgan fingerprint density at radius 2 is 2.23 bits per heavy atom. The summed E-state index contributed by atoms with van der Waals surface area (Å²) < 4.78 is 7.30. The topological polar surface area (TPSA) is 37.8 Å². The highest BCUT2D eigenvalue weighted by Crippen LogP contribution is 2.28. The predicted molar refractivity (Wildman–Crippen MR) is 58.0 cm³/mol. The minimum absolute atomic E-state index is 0.761. The molecule has 1 saturated carbocycles. The van der Waals surface area contributed by atoms with E-state index in [4.69, 9.17) is 0 Å². The first-order valence-electron chi connectivity index (χ1n) is 4.63. The highest BCUT2D eigenvalue weighted by atomic mass is 32.2. The minimum atomic E-state index is 0.761. The molecule has 3 nitrogen and oxygen atoms in total. The number of nitrogens with one attached hydrogen (secondary N) is 1. The fraction of sp³-hybridized carbons (Fsp3) is 0.750. The van der Waals surface area contributed by atoms with Crippen LogP contribution < -0.4 is 4.72 Å². The average Bonchev–Trinajstić information content (AvgIpc) is 2.69. The van der Waals surface area contributed by atoms with Crippen LogP contribution in [0.3, 0.4) is 0 Å². The molecule has 1 fully saturated rings. The molecule has 13 heavy (non-hydrogen) atoms. The number of anilines is 1. The molecule has 1 aliphatic rings. The molecule has 1 aromatic heterocycles. The van der Waals surface area contributed by atoms with Crippen LogP contribution in [0, 0.1) is 0 Å². The lowest BCUT2D eigenvalue weighted by atomic mass is 10.0. The summed E-state index contributed by atoms with van der Waals surface area (Å²) in [5, 5.41) is 0.761. The molecule has 1 heterocycles. The van der Waals surface area contributed by atoms with Crippen molar-refractivity contribution in [2.24, 2.45) is 0 Å². The number of rotatable bonds is 3. The van der Waals surface area contributed by atoms with Crippen molar-refractivity contribution in [1.29, 1.82) is 0 Å². The van der Waals surface area contributed by atoms with E-state index in [1.165, 1.54) is 43.6 Å². The van der Waals surface area contributed by atoms with E-state index >= 15 is 0 Å². The Labute approximate surface area is 86.6 Å². The molecule has 1 aromatic rings. The number of hydrogen-bond acceptors (Lipinski definition) is 5. The zero-order valence-corrected chi connectivity index (χ0v) is 9.03. The molecule has 0 spiro atoms. The molecule has 72 valence electrons. The van der Waals surface area contributed by atoms with E-state index in [9.17, 15) is 0 Å². The zero-order chi connectivity index (χ0) is 8.93. The van der Waals surface area contributed by atoms with Gasteiger partial charge in [-0.1, -0.05) is 19.3 Å². The lowest BCUT2D eigenvalue weighted by Gasteiger charge is -2.20. The molecule has 0 atom stereocenters. The van der Waals surface area contributed by atoms with E-state index in [1.54, 1.807) is 17.5 Å². The zero-order valence-electron chi connectivity index (χ0n) is 7.40. The Balaban J connectivity index is 1.72. The average molecular weight is 215 g/mol. The van der Waals surface area contributed by atoms with Gasteiger partial charge in [0.25, 0.3) is 0 Å². The first-order chi connectivity index (χ1) is 6.45. The first kappa shape index (κ1) is 9.27. The van der Waals surface area contributed by atoms with Crippen molar-refractivity contribution in [2.75, 3.05) is 4.72 Å². The second kappa shape index (κ2) is 4.81. The van der Waals surface area contributed by atoms with Gasteiger partial charge in [-0.15, -0.1) is 0 Å². The Bertz CT molecular complexity index is 232. The fourth-order valence-corrected chi connectivity index (χ4v) is 2.92. The van der Waals surface area contributed by atoms with E-state index in [2.05, 4.69) is 14.1 Å². The maximum absolute atomic E-state index is 4.10. The maximum atomic E-state index is 4.10. The summed E-state index contributed by atoms with van der Waals surface area (Å²) in [5.74, 6) is 0.764. The largest absolute Gasteiger partial charge is 0.297 e. The highest BCUT2D eigenvalue weighted by Gasteiger charge is 2.14. The van der Waals surface area contributed by atoms with Crippen LogP contribution in [-0.4, -0.2) is 14.6 Å². The number of aromatic nitrogens is 2. The van der Waals surface area contributed by atoms with Crippen molar-refractivity contribution in [2.45, 2.75) is 37.4 Å². The predicted octanol–water partition coefficient (Wildman–Crippen LogP) is 2.93. The van der Waals surface area contributed by atoms with Gasteiger partial charge in [0, 0.05) is 5.25 Å². The monoisotopic (exact) mass is 215 g/mol. The Kier molecular flexibility index (Phi) is 3.43. The van der Waals surface area contributed by atoms with Crippen molar-refractivity contribution in [3.63, 3.8) is 0 Å². The van der Waals surface area contributed by atoms with Gasteiger partial charge in [-0.2, -0.15) is 4.37 Å². The molecule has 0 aliphatic heterocycles. The van der Waals surface area contributed by atoms with Gasteiger partial charge in [-0.05, 0) is 36.3 Å². The van der Waals surface area contributed by atoms with Gasteiger partial charge in [0.15, 0.2) is 0 Å². The van der Waals surface area contributed by atoms with Crippen molar-refractivity contribution in [3.05, 3.63) is 5.51 Å². The van der Waals surface area contributed by atoms with Crippen LogP contribution in [0.1, 0.15) is 32.1 Å². The minimum Gasteiger partial charge on any atom is -0.297 e. The molecule has 0 amide bonds. The van der Waals surface area contributed by atoms with Crippen molar-refractivity contribution in [1.82, 2.24) is 9.36 Å².